The van der Waals surface area contributed by atoms with Gasteiger partial charge in [0.15, 0.2) is 0 Å². The van der Waals surface area contributed by atoms with Crippen molar-refractivity contribution in [1.82, 2.24) is 15.5 Å². The van der Waals surface area contributed by atoms with Crippen molar-refractivity contribution >= 4 is 11.9 Å². The van der Waals surface area contributed by atoms with Gasteiger partial charge in [-0.05, 0) is 12.0 Å². The van der Waals surface area contributed by atoms with Crippen molar-refractivity contribution in [1.29, 1.82) is 0 Å². The number of rotatable bonds is 6. The summed E-state index contributed by atoms with van der Waals surface area (Å²) < 4.78 is 0. The van der Waals surface area contributed by atoms with Crippen LogP contribution in [0.1, 0.15) is 31.7 Å². The second-order valence-electron chi connectivity index (χ2n) is 5.83. The van der Waals surface area contributed by atoms with E-state index in [4.69, 9.17) is 0 Å². The molecule has 0 saturated carbocycles. The molecule has 126 valence electrons. The Bertz CT molecular complexity index is 535. The molecule has 3 N–H and O–H groups in total. The molecule has 1 saturated heterocycles. The van der Waals surface area contributed by atoms with Gasteiger partial charge in [-0.1, -0.05) is 37.3 Å². The first-order valence-electron chi connectivity index (χ1n) is 8.06. The fourth-order valence-corrected chi connectivity index (χ4v) is 3.17. The lowest BCUT2D eigenvalue weighted by Gasteiger charge is -2.54. The zero-order valence-electron chi connectivity index (χ0n) is 13.7. The minimum atomic E-state index is -0.270. The van der Waals surface area contributed by atoms with Crippen LogP contribution in [0.15, 0.2) is 30.3 Å². The van der Waals surface area contributed by atoms with Gasteiger partial charge in [0.1, 0.15) is 0 Å². The van der Waals surface area contributed by atoms with Crippen LogP contribution in [0, 0.1) is 0 Å². The SMILES string of the molecule is CCCNC(=O)N1[C@H](CNC(C)=O)[C@H](c2ccccc2)[C@@H]1CO. The highest BCUT2D eigenvalue weighted by atomic mass is 16.3. The Hall–Kier alpha value is -2.08. The molecule has 1 heterocycles. The minimum Gasteiger partial charge on any atom is -0.394 e. The number of hydrogen-bond donors (Lipinski definition) is 3. The highest BCUT2D eigenvalue weighted by molar-refractivity contribution is 5.77. The van der Waals surface area contributed by atoms with Crippen LogP contribution in [0.3, 0.4) is 0 Å². The number of urea groups is 1. The molecule has 0 bridgehead atoms. The Morgan fingerprint density at radius 2 is 1.87 bits per heavy atom. The molecule has 3 atom stereocenters. The Kier molecular flexibility index (Phi) is 5.98. The summed E-state index contributed by atoms with van der Waals surface area (Å²) in [7, 11) is 0. The summed E-state index contributed by atoms with van der Waals surface area (Å²) in [5.74, 6) is -0.112. The normalized spacial score (nSPS) is 23.1. The van der Waals surface area contributed by atoms with Gasteiger partial charge in [0, 0.05) is 25.9 Å². The predicted molar refractivity (Wildman–Crippen MR) is 88.1 cm³/mol. The first kappa shape index (κ1) is 17.3. The van der Waals surface area contributed by atoms with Gasteiger partial charge in [-0.3, -0.25) is 4.79 Å². The lowest BCUT2D eigenvalue weighted by Crippen LogP contribution is -2.70. The lowest BCUT2D eigenvalue weighted by atomic mass is 9.75. The highest BCUT2D eigenvalue weighted by Crippen LogP contribution is 2.40. The van der Waals surface area contributed by atoms with Crippen molar-refractivity contribution in [3.8, 4) is 0 Å². The molecule has 1 fully saturated rings. The summed E-state index contributed by atoms with van der Waals surface area (Å²) in [6.07, 6.45) is 0.849. The van der Waals surface area contributed by atoms with E-state index >= 15 is 0 Å². The van der Waals surface area contributed by atoms with E-state index in [1.54, 1.807) is 4.90 Å². The molecular weight excluding hydrogens is 294 g/mol. The monoisotopic (exact) mass is 319 g/mol. The van der Waals surface area contributed by atoms with Crippen LogP contribution >= 0.6 is 0 Å². The Balaban J connectivity index is 2.19. The number of nitrogens with zero attached hydrogens (tertiary/aromatic N) is 1. The maximum atomic E-state index is 12.4. The molecule has 1 aliphatic heterocycles. The average Bonchev–Trinajstić information content (AvgIpc) is 2.53. The molecule has 0 unspecified atom stereocenters. The molecule has 3 amide bonds. The van der Waals surface area contributed by atoms with Gasteiger partial charge < -0.3 is 20.6 Å². The molecule has 6 heteroatoms. The maximum Gasteiger partial charge on any atom is 0.318 e. The number of aliphatic hydroxyl groups is 1. The number of hydrogen-bond acceptors (Lipinski definition) is 3. The number of benzene rings is 1. The van der Waals surface area contributed by atoms with E-state index in [9.17, 15) is 14.7 Å². The standard InChI is InChI=1S/C17H25N3O3/c1-3-9-18-17(23)20-14(10-19-12(2)22)16(15(20)11-21)13-7-5-4-6-8-13/h4-8,14-16,21H,3,9-11H2,1-2H3,(H,18,23)(H,19,22)/t14-,15+,16+/m1/s1. The topological polar surface area (TPSA) is 81.7 Å². The van der Waals surface area contributed by atoms with E-state index in [0.717, 1.165) is 12.0 Å². The van der Waals surface area contributed by atoms with Crippen LogP contribution in [0.2, 0.25) is 0 Å². The maximum absolute atomic E-state index is 12.4. The van der Waals surface area contributed by atoms with Crippen molar-refractivity contribution in [3.05, 3.63) is 35.9 Å². The number of aliphatic hydroxyl groups excluding tert-OH is 1. The van der Waals surface area contributed by atoms with Crippen molar-refractivity contribution in [2.75, 3.05) is 19.7 Å². The van der Waals surface area contributed by atoms with Crippen LogP contribution in [-0.4, -0.2) is 53.7 Å². The van der Waals surface area contributed by atoms with Gasteiger partial charge in [-0.2, -0.15) is 0 Å². The third kappa shape index (κ3) is 3.82. The van der Waals surface area contributed by atoms with Crippen LogP contribution in [0.5, 0.6) is 0 Å². The third-order valence-corrected chi connectivity index (χ3v) is 4.24. The lowest BCUT2D eigenvalue weighted by molar-refractivity contribution is -0.119. The molecule has 6 nitrogen and oxygen atoms in total. The van der Waals surface area contributed by atoms with Crippen molar-refractivity contribution in [2.24, 2.45) is 0 Å². The summed E-state index contributed by atoms with van der Waals surface area (Å²) >= 11 is 0. The van der Waals surface area contributed by atoms with Crippen LogP contribution in [-0.2, 0) is 4.79 Å². The summed E-state index contributed by atoms with van der Waals surface area (Å²) in [5, 5.41) is 15.4. The summed E-state index contributed by atoms with van der Waals surface area (Å²) in [4.78, 5) is 25.3. The third-order valence-electron chi connectivity index (χ3n) is 4.24. The molecule has 23 heavy (non-hydrogen) atoms. The van der Waals surface area contributed by atoms with Gasteiger partial charge in [0.25, 0.3) is 0 Å². The molecule has 0 aliphatic carbocycles. The van der Waals surface area contributed by atoms with E-state index in [2.05, 4.69) is 10.6 Å². The summed E-state index contributed by atoms with van der Waals surface area (Å²) in [5.41, 5.74) is 1.07. The van der Waals surface area contributed by atoms with Gasteiger partial charge in [-0.15, -0.1) is 0 Å². The van der Waals surface area contributed by atoms with Gasteiger partial charge >= 0.3 is 6.03 Å². The molecule has 2 rings (SSSR count). The summed E-state index contributed by atoms with van der Waals surface area (Å²) in [6, 6.07) is 9.20. The van der Waals surface area contributed by atoms with Gasteiger partial charge in [-0.25, -0.2) is 4.79 Å². The number of amides is 3. The van der Waals surface area contributed by atoms with Crippen molar-refractivity contribution < 1.29 is 14.7 Å². The number of likely N-dealkylation sites (tertiary alicyclic amines) is 1. The predicted octanol–water partition coefficient (Wildman–Crippen LogP) is 1.07. The Morgan fingerprint density at radius 1 is 1.17 bits per heavy atom. The second kappa shape index (κ2) is 7.97. The van der Waals surface area contributed by atoms with E-state index in [1.807, 2.05) is 37.3 Å². The van der Waals surface area contributed by atoms with Crippen molar-refractivity contribution in [2.45, 2.75) is 38.3 Å². The Labute approximate surface area is 136 Å². The van der Waals surface area contributed by atoms with Gasteiger partial charge in [0.05, 0.1) is 18.7 Å². The van der Waals surface area contributed by atoms with Gasteiger partial charge in [0.2, 0.25) is 5.91 Å². The number of carbonyl (C=O) groups excluding carboxylic acids is 2. The van der Waals surface area contributed by atoms with Crippen molar-refractivity contribution in [3.63, 3.8) is 0 Å². The first-order valence-corrected chi connectivity index (χ1v) is 8.06. The molecule has 0 aromatic heterocycles. The second-order valence-corrected chi connectivity index (χ2v) is 5.83. The first-order chi connectivity index (χ1) is 11.1. The van der Waals surface area contributed by atoms with Crippen LogP contribution < -0.4 is 10.6 Å². The molecular formula is C17H25N3O3. The molecule has 1 aromatic carbocycles. The fraction of sp³-hybridized carbons (Fsp3) is 0.529. The number of nitrogens with one attached hydrogen (secondary N) is 2. The fourth-order valence-electron chi connectivity index (χ4n) is 3.17. The largest absolute Gasteiger partial charge is 0.394 e. The molecule has 1 aromatic rings. The van der Waals surface area contributed by atoms with E-state index in [-0.39, 0.29) is 36.5 Å². The molecule has 0 radical (unpaired) electrons. The molecule has 0 spiro atoms. The van der Waals surface area contributed by atoms with Crippen LogP contribution in [0.4, 0.5) is 4.79 Å². The zero-order chi connectivity index (χ0) is 16.8. The Morgan fingerprint density at radius 3 is 2.43 bits per heavy atom. The summed E-state index contributed by atoms with van der Waals surface area (Å²) in [6.45, 7) is 4.32. The van der Waals surface area contributed by atoms with E-state index in [0.29, 0.717) is 13.1 Å². The quantitative estimate of drug-likeness (QED) is 0.733. The highest BCUT2D eigenvalue weighted by Gasteiger charge is 2.50. The average molecular weight is 319 g/mol. The van der Waals surface area contributed by atoms with Crippen LogP contribution in [0.25, 0.3) is 0 Å². The number of carbonyl (C=O) groups is 2. The zero-order valence-corrected chi connectivity index (χ0v) is 13.7. The molecule has 1 aliphatic rings. The van der Waals surface area contributed by atoms with E-state index < -0.39 is 0 Å². The minimum absolute atomic E-state index is 0.0143. The smallest absolute Gasteiger partial charge is 0.318 e. The van der Waals surface area contributed by atoms with E-state index in [1.165, 1.54) is 6.92 Å².